The molecular weight excluding hydrogens is 354 g/mol. The maximum atomic E-state index is 12.6. The third-order valence-corrected chi connectivity index (χ3v) is 5.07. The molecule has 0 radical (unpaired) electrons. The van der Waals surface area contributed by atoms with E-state index in [1.54, 1.807) is 4.52 Å². The Labute approximate surface area is 164 Å². The Bertz CT molecular complexity index is 932. The number of anilines is 2. The first-order chi connectivity index (χ1) is 13.7. The predicted octanol–water partition coefficient (Wildman–Crippen LogP) is 1.84. The first-order valence-corrected chi connectivity index (χ1v) is 9.76. The third kappa shape index (κ3) is 3.90. The number of nitrogens with one attached hydrogen (secondary N) is 1. The van der Waals surface area contributed by atoms with Gasteiger partial charge in [0.05, 0.1) is 0 Å². The molecule has 0 unspecified atom stereocenters. The van der Waals surface area contributed by atoms with Gasteiger partial charge in [0, 0.05) is 56.6 Å². The molecule has 0 bridgehead atoms. The lowest BCUT2D eigenvalue weighted by molar-refractivity contribution is -0.131. The maximum absolute atomic E-state index is 12.6. The molecular formula is C20H25N7O. The largest absolute Gasteiger partial charge is 0.369 e. The zero-order valence-electron chi connectivity index (χ0n) is 16.1. The zero-order valence-corrected chi connectivity index (χ0v) is 16.1. The van der Waals surface area contributed by atoms with E-state index in [9.17, 15) is 4.79 Å². The third-order valence-electron chi connectivity index (χ3n) is 5.07. The Morgan fingerprint density at radius 2 is 1.93 bits per heavy atom. The second kappa shape index (κ2) is 8.24. The molecule has 0 aliphatic carbocycles. The van der Waals surface area contributed by atoms with Crippen molar-refractivity contribution in [1.82, 2.24) is 24.5 Å². The van der Waals surface area contributed by atoms with Gasteiger partial charge in [-0.2, -0.15) is 14.6 Å². The lowest BCUT2D eigenvalue weighted by atomic mass is 10.2. The molecule has 28 heavy (non-hydrogen) atoms. The van der Waals surface area contributed by atoms with Crippen LogP contribution in [0.2, 0.25) is 0 Å². The molecule has 8 heteroatoms. The average Bonchev–Trinajstić information content (AvgIpc) is 3.23. The number of para-hydroxylation sites is 1. The number of aryl methyl sites for hydroxylation is 1. The fraction of sp³-hybridized carbons (Fsp3) is 0.400. The first-order valence-electron chi connectivity index (χ1n) is 9.76. The van der Waals surface area contributed by atoms with Crippen molar-refractivity contribution >= 4 is 23.2 Å². The van der Waals surface area contributed by atoms with E-state index >= 15 is 0 Å². The van der Waals surface area contributed by atoms with Crippen molar-refractivity contribution in [3.63, 3.8) is 0 Å². The van der Waals surface area contributed by atoms with Crippen molar-refractivity contribution in [2.75, 3.05) is 42.9 Å². The number of nitrogens with zero attached hydrogens (tertiary/aromatic N) is 6. The smallest absolute Gasteiger partial charge is 0.254 e. The van der Waals surface area contributed by atoms with E-state index in [4.69, 9.17) is 0 Å². The van der Waals surface area contributed by atoms with E-state index in [-0.39, 0.29) is 5.91 Å². The summed E-state index contributed by atoms with van der Waals surface area (Å²) in [5.74, 6) is 1.58. The van der Waals surface area contributed by atoms with E-state index in [1.807, 2.05) is 29.2 Å². The minimum absolute atomic E-state index is 0.180. The summed E-state index contributed by atoms with van der Waals surface area (Å²) in [6.07, 6.45) is 2.76. The Morgan fingerprint density at radius 1 is 1.14 bits per heavy atom. The van der Waals surface area contributed by atoms with E-state index in [1.165, 1.54) is 12.0 Å². The average molecular weight is 379 g/mol. The van der Waals surface area contributed by atoms with Gasteiger partial charge in [0.15, 0.2) is 0 Å². The highest BCUT2D eigenvalue weighted by Crippen LogP contribution is 2.16. The molecule has 0 saturated carbocycles. The lowest BCUT2D eigenvalue weighted by Gasteiger charge is -2.36. The second-order valence-electron chi connectivity index (χ2n) is 6.84. The van der Waals surface area contributed by atoms with Crippen molar-refractivity contribution in [3.05, 3.63) is 48.4 Å². The molecule has 1 aromatic carbocycles. The fourth-order valence-electron chi connectivity index (χ4n) is 3.48. The quantitative estimate of drug-likeness (QED) is 0.704. The van der Waals surface area contributed by atoms with Crippen LogP contribution in [0.5, 0.6) is 0 Å². The monoisotopic (exact) mass is 379 g/mol. The van der Waals surface area contributed by atoms with Crippen molar-refractivity contribution in [1.29, 1.82) is 0 Å². The summed E-state index contributed by atoms with van der Waals surface area (Å²) in [6.45, 7) is 5.87. The molecule has 146 valence electrons. The summed E-state index contributed by atoms with van der Waals surface area (Å²) >= 11 is 0. The lowest BCUT2D eigenvalue weighted by Crippen LogP contribution is -2.49. The number of aromatic nitrogens is 4. The Kier molecular flexibility index (Phi) is 5.36. The molecule has 1 aliphatic heterocycles. The van der Waals surface area contributed by atoms with Crippen LogP contribution < -0.4 is 10.2 Å². The topological polar surface area (TPSA) is 78.7 Å². The molecule has 3 heterocycles. The Morgan fingerprint density at radius 3 is 2.68 bits per heavy atom. The number of benzene rings is 1. The minimum atomic E-state index is 0.180. The van der Waals surface area contributed by atoms with Gasteiger partial charge < -0.3 is 15.1 Å². The van der Waals surface area contributed by atoms with Gasteiger partial charge in [0.2, 0.25) is 5.91 Å². The number of hydrogen-bond acceptors (Lipinski definition) is 6. The molecule has 1 N–H and O–H groups in total. The first kappa shape index (κ1) is 18.2. The molecule has 4 rings (SSSR count). The van der Waals surface area contributed by atoms with Crippen LogP contribution in [0, 0.1) is 0 Å². The highest BCUT2D eigenvalue weighted by molar-refractivity contribution is 5.77. The molecule has 1 saturated heterocycles. The number of fused-ring (bicyclic) bond motifs is 1. The van der Waals surface area contributed by atoms with Crippen LogP contribution in [0.1, 0.15) is 19.0 Å². The SMILES string of the molecule is CCc1cc(NCCC(=O)N2CCN(c3ccccc3)CC2)n2ncnc2n1. The zero-order chi connectivity index (χ0) is 19.3. The number of hydrogen-bond donors (Lipinski definition) is 1. The van der Waals surface area contributed by atoms with Crippen molar-refractivity contribution in [2.24, 2.45) is 0 Å². The van der Waals surface area contributed by atoms with Gasteiger partial charge in [-0.3, -0.25) is 4.79 Å². The van der Waals surface area contributed by atoms with Crippen LogP contribution in [0.25, 0.3) is 5.78 Å². The maximum Gasteiger partial charge on any atom is 0.254 e. The van der Waals surface area contributed by atoms with E-state index < -0.39 is 0 Å². The van der Waals surface area contributed by atoms with Gasteiger partial charge in [-0.1, -0.05) is 25.1 Å². The molecule has 3 aromatic rings. The van der Waals surface area contributed by atoms with Crippen molar-refractivity contribution in [2.45, 2.75) is 19.8 Å². The van der Waals surface area contributed by atoms with Crippen LogP contribution in [-0.4, -0.2) is 63.1 Å². The van der Waals surface area contributed by atoms with Gasteiger partial charge in [0.25, 0.3) is 5.78 Å². The Balaban J connectivity index is 1.29. The number of piperazine rings is 1. The van der Waals surface area contributed by atoms with Crippen molar-refractivity contribution < 1.29 is 4.79 Å². The highest BCUT2D eigenvalue weighted by atomic mass is 16.2. The van der Waals surface area contributed by atoms with Crippen LogP contribution >= 0.6 is 0 Å². The Hall–Kier alpha value is -3.16. The summed E-state index contributed by atoms with van der Waals surface area (Å²) in [5.41, 5.74) is 2.17. The summed E-state index contributed by atoms with van der Waals surface area (Å²) in [6, 6.07) is 12.3. The van der Waals surface area contributed by atoms with E-state index in [2.05, 4.69) is 44.3 Å². The molecule has 1 fully saturated rings. The van der Waals surface area contributed by atoms with Gasteiger partial charge in [0.1, 0.15) is 12.1 Å². The van der Waals surface area contributed by atoms with Gasteiger partial charge in [-0.15, -0.1) is 0 Å². The van der Waals surface area contributed by atoms with Gasteiger partial charge in [-0.05, 0) is 18.6 Å². The van der Waals surface area contributed by atoms with Gasteiger partial charge >= 0.3 is 0 Å². The molecule has 2 aromatic heterocycles. The summed E-state index contributed by atoms with van der Waals surface area (Å²) in [4.78, 5) is 25.5. The summed E-state index contributed by atoms with van der Waals surface area (Å²) in [7, 11) is 0. The van der Waals surface area contributed by atoms with Crippen molar-refractivity contribution in [3.8, 4) is 0 Å². The van der Waals surface area contributed by atoms with E-state index in [0.717, 1.165) is 44.1 Å². The van der Waals surface area contributed by atoms with E-state index in [0.29, 0.717) is 18.7 Å². The normalized spacial score (nSPS) is 14.5. The molecule has 0 spiro atoms. The fourth-order valence-corrected chi connectivity index (χ4v) is 3.48. The number of carbonyl (C=O) groups is 1. The second-order valence-corrected chi connectivity index (χ2v) is 6.84. The van der Waals surface area contributed by atoms with Crippen LogP contribution in [0.3, 0.4) is 0 Å². The minimum Gasteiger partial charge on any atom is -0.369 e. The predicted molar refractivity (Wildman–Crippen MR) is 109 cm³/mol. The molecule has 1 amide bonds. The molecule has 0 atom stereocenters. The molecule has 8 nitrogen and oxygen atoms in total. The number of amides is 1. The standard InChI is InChI=1S/C20H25N7O/c1-2-16-14-18(27-20(24-16)22-15-23-27)21-9-8-19(28)26-12-10-25(11-13-26)17-6-4-3-5-7-17/h3-7,14-15,21H,2,8-13H2,1H3. The summed E-state index contributed by atoms with van der Waals surface area (Å²) < 4.78 is 1.67. The highest BCUT2D eigenvalue weighted by Gasteiger charge is 2.21. The molecule has 1 aliphatic rings. The number of carbonyl (C=O) groups excluding carboxylic acids is 1. The van der Waals surface area contributed by atoms with Gasteiger partial charge in [-0.25, -0.2) is 4.98 Å². The summed E-state index contributed by atoms with van der Waals surface area (Å²) in [5, 5.41) is 7.51. The van der Waals surface area contributed by atoms with Crippen LogP contribution in [0.4, 0.5) is 11.5 Å². The van der Waals surface area contributed by atoms with Crippen LogP contribution in [0.15, 0.2) is 42.7 Å². The van der Waals surface area contributed by atoms with Crippen LogP contribution in [-0.2, 0) is 11.2 Å². The number of rotatable bonds is 6.